The maximum atomic E-state index is 12.8. The molecule has 3 rings (SSSR count). The average Bonchev–Trinajstić information content (AvgIpc) is 3.15. The van der Waals surface area contributed by atoms with Crippen LogP contribution < -0.4 is 4.74 Å². The number of sulfone groups is 1. The second-order valence-electron chi connectivity index (χ2n) is 5.50. The summed E-state index contributed by atoms with van der Waals surface area (Å²) in [6.07, 6.45) is 4.58. The number of hydrogen-bond acceptors (Lipinski definition) is 5. The molecule has 1 heterocycles. The smallest absolute Gasteiger partial charge is 0.339 e. The predicted molar refractivity (Wildman–Crippen MR) is 94.4 cm³/mol. The van der Waals surface area contributed by atoms with Crippen molar-refractivity contribution in [3.63, 3.8) is 0 Å². The van der Waals surface area contributed by atoms with Crippen LogP contribution in [0.5, 0.6) is 5.75 Å². The number of hydrogen-bond donors (Lipinski definition) is 1. The topological polar surface area (TPSA) is 98.5 Å². The van der Waals surface area contributed by atoms with E-state index in [0.717, 1.165) is 0 Å². The van der Waals surface area contributed by atoms with Gasteiger partial charge in [-0.1, -0.05) is 24.3 Å². The molecule has 0 saturated carbocycles. The van der Waals surface area contributed by atoms with Crippen molar-refractivity contribution in [2.75, 3.05) is 7.11 Å². The van der Waals surface area contributed by atoms with Gasteiger partial charge in [0.2, 0.25) is 0 Å². The normalized spacial score (nSPS) is 11.3. The first-order valence-corrected chi connectivity index (χ1v) is 9.28. The molecule has 0 aliphatic rings. The van der Waals surface area contributed by atoms with Crippen LogP contribution in [0.1, 0.15) is 15.9 Å². The highest BCUT2D eigenvalue weighted by atomic mass is 32.2. The van der Waals surface area contributed by atoms with E-state index in [2.05, 4.69) is 4.98 Å². The highest BCUT2D eigenvalue weighted by Crippen LogP contribution is 2.33. The van der Waals surface area contributed by atoms with Gasteiger partial charge < -0.3 is 14.4 Å². The third-order valence-corrected chi connectivity index (χ3v) is 5.54. The van der Waals surface area contributed by atoms with Gasteiger partial charge >= 0.3 is 5.97 Å². The van der Waals surface area contributed by atoms with Gasteiger partial charge in [0.15, 0.2) is 15.6 Å². The van der Waals surface area contributed by atoms with Crippen LogP contribution in [0.2, 0.25) is 0 Å². The fourth-order valence-electron chi connectivity index (χ4n) is 2.69. The van der Waals surface area contributed by atoms with Crippen molar-refractivity contribution >= 4 is 15.8 Å². The number of methoxy groups -OCH3 is 1. The number of carboxylic acids is 1. The third-order valence-electron chi connectivity index (χ3n) is 3.86. The summed E-state index contributed by atoms with van der Waals surface area (Å²) in [5.74, 6) is -1.39. The molecule has 8 heteroatoms. The van der Waals surface area contributed by atoms with Crippen LogP contribution in [0.4, 0.5) is 0 Å². The summed E-state index contributed by atoms with van der Waals surface area (Å²) in [6.45, 7) is 0. The molecule has 0 radical (unpaired) electrons. The molecule has 0 bridgehead atoms. The Kier molecular flexibility index (Phi) is 4.77. The maximum absolute atomic E-state index is 12.8. The highest BCUT2D eigenvalue weighted by Gasteiger charge is 2.24. The summed E-state index contributed by atoms with van der Waals surface area (Å²) in [5, 5.41) is 9.40. The van der Waals surface area contributed by atoms with Gasteiger partial charge in [-0.2, -0.15) is 0 Å². The molecule has 0 fully saturated rings. The minimum Gasteiger partial charge on any atom is -0.494 e. The summed E-state index contributed by atoms with van der Waals surface area (Å²) in [6, 6.07) is 10.9. The number of nitrogens with zero attached hydrogens (tertiary/aromatic N) is 2. The highest BCUT2D eigenvalue weighted by molar-refractivity contribution is 7.90. The van der Waals surface area contributed by atoms with Crippen molar-refractivity contribution in [3.8, 4) is 11.4 Å². The summed E-state index contributed by atoms with van der Waals surface area (Å²) in [5.41, 5.74) is 0.690. The quantitative estimate of drug-likeness (QED) is 0.714. The van der Waals surface area contributed by atoms with Crippen LogP contribution >= 0.6 is 0 Å². The van der Waals surface area contributed by atoms with Crippen molar-refractivity contribution in [1.82, 2.24) is 9.55 Å². The molecule has 0 aliphatic carbocycles. The van der Waals surface area contributed by atoms with Crippen LogP contribution in [-0.2, 0) is 15.6 Å². The van der Waals surface area contributed by atoms with Gasteiger partial charge in [-0.05, 0) is 23.8 Å². The van der Waals surface area contributed by atoms with Gasteiger partial charge in [-0.25, -0.2) is 18.2 Å². The predicted octanol–water partition coefficient (Wildman–Crippen LogP) is 2.55. The Labute approximate surface area is 150 Å². The third kappa shape index (κ3) is 3.31. The zero-order valence-corrected chi connectivity index (χ0v) is 14.7. The van der Waals surface area contributed by atoms with Gasteiger partial charge in [0, 0.05) is 12.4 Å². The molecule has 134 valence electrons. The van der Waals surface area contributed by atoms with Crippen molar-refractivity contribution < 1.29 is 23.1 Å². The SMILES string of the molecule is COc1c(C(=O)O)ccc(CS(=O)(=O)c2ccccc2)c1-n1ccnc1. The first-order chi connectivity index (χ1) is 12.4. The largest absolute Gasteiger partial charge is 0.494 e. The lowest BCUT2D eigenvalue weighted by atomic mass is 10.1. The maximum Gasteiger partial charge on any atom is 0.339 e. The minimum absolute atomic E-state index is 0.0583. The number of carboxylic acid groups (broad SMARTS) is 1. The molecule has 0 amide bonds. The lowest BCUT2D eigenvalue weighted by molar-refractivity contribution is 0.0693. The van der Waals surface area contributed by atoms with Crippen LogP contribution in [0.25, 0.3) is 5.69 Å². The number of rotatable bonds is 6. The number of benzene rings is 2. The Morgan fingerprint density at radius 1 is 1.19 bits per heavy atom. The Balaban J connectivity index is 2.18. The Hall–Kier alpha value is -3.13. The van der Waals surface area contributed by atoms with E-state index in [-0.39, 0.29) is 22.0 Å². The van der Waals surface area contributed by atoms with E-state index < -0.39 is 15.8 Å². The van der Waals surface area contributed by atoms with E-state index in [1.807, 2.05) is 0 Å². The minimum atomic E-state index is -3.62. The standard InChI is InChI=1S/C18H16N2O5S/c1-25-17-15(18(21)22)8-7-13(16(17)20-10-9-19-12-20)11-26(23,24)14-5-3-2-4-6-14/h2-10,12H,11H2,1H3,(H,21,22). The lowest BCUT2D eigenvalue weighted by Gasteiger charge is -2.17. The van der Waals surface area contributed by atoms with Crippen LogP contribution in [0.3, 0.4) is 0 Å². The molecule has 0 aliphatic heterocycles. The second kappa shape index (κ2) is 7.01. The van der Waals surface area contributed by atoms with Gasteiger partial charge in [0.05, 0.1) is 29.8 Å². The fraction of sp³-hybridized carbons (Fsp3) is 0.111. The van der Waals surface area contributed by atoms with E-state index in [1.54, 1.807) is 29.0 Å². The fourth-order valence-corrected chi connectivity index (χ4v) is 4.07. The number of aromatic nitrogens is 2. The average molecular weight is 372 g/mol. The number of carbonyl (C=O) groups is 1. The van der Waals surface area contributed by atoms with Crippen LogP contribution in [-0.4, -0.2) is 36.2 Å². The molecule has 3 aromatic rings. The van der Waals surface area contributed by atoms with Crippen LogP contribution in [0, 0.1) is 0 Å². The zero-order valence-electron chi connectivity index (χ0n) is 13.9. The van der Waals surface area contributed by atoms with E-state index in [9.17, 15) is 18.3 Å². The number of aromatic carboxylic acids is 1. The van der Waals surface area contributed by atoms with Gasteiger partial charge in [0.1, 0.15) is 5.56 Å². The van der Waals surface area contributed by atoms with Crippen molar-refractivity contribution in [2.24, 2.45) is 0 Å². The summed E-state index contributed by atoms with van der Waals surface area (Å²) in [4.78, 5) is 15.6. The van der Waals surface area contributed by atoms with Gasteiger partial charge in [-0.15, -0.1) is 0 Å². The molecule has 0 atom stereocenters. The first kappa shape index (κ1) is 17.7. The van der Waals surface area contributed by atoms with E-state index >= 15 is 0 Å². The Bertz CT molecular complexity index is 1030. The summed E-state index contributed by atoms with van der Waals surface area (Å²) >= 11 is 0. The molecule has 0 spiro atoms. The molecule has 1 aromatic heterocycles. The summed E-state index contributed by atoms with van der Waals surface area (Å²) < 4.78 is 32.4. The van der Waals surface area contributed by atoms with Crippen molar-refractivity contribution in [1.29, 1.82) is 0 Å². The van der Waals surface area contributed by atoms with Crippen molar-refractivity contribution in [3.05, 3.63) is 72.3 Å². The molecule has 7 nitrogen and oxygen atoms in total. The molecule has 2 aromatic carbocycles. The molecule has 26 heavy (non-hydrogen) atoms. The van der Waals surface area contributed by atoms with Crippen molar-refractivity contribution in [2.45, 2.75) is 10.6 Å². The van der Waals surface area contributed by atoms with E-state index in [0.29, 0.717) is 11.3 Å². The van der Waals surface area contributed by atoms with E-state index in [1.165, 1.54) is 43.9 Å². The molecular weight excluding hydrogens is 356 g/mol. The molecule has 1 N–H and O–H groups in total. The van der Waals surface area contributed by atoms with Gasteiger partial charge in [-0.3, -0.25) is 0 Å². The second-order valence-corrected chi connectivity index (χ2v) is 7.49. The lowest BCUT2D eigenvalue weighted by Crippen LogP contribution is -2.11. The number of ether oxygens (including phenoxy) is 1. The van der Waals surface area contributed by atoms with Crippen LogP contribution in [0.15, 0.2) is 66.1 Å². The molecule has 0 saturated heterocycles. The molecular formula is C18H16N2O5S. The van der Waals surface area contributed by atoms with E-state index in [4.69, 9.17) is 4.74 Å². The molecule has 0 unspecified atom stereocenters. The van der Waals surface area contributed by atoms with Gasteiger partial charge in [0.25, 0.3) is 0 Å². The first-order valence-electron chi connectivity index (χ1n) is 7.63. The summed E-state index contributed by atoms with van der Waals surface area (Å²) in [7, 11) is -2.28. The monoisotopic (exact) mass is 372 g/mol. The Morgan fingerprint density at radius 2 is 1.92 bits per heavy atom. The number of imidazole rings is 1. The Morgan fingerprint density at radius 3 is 2.50 bits per heavy atom. The zero-order chi connectivity index (χ0) is 18.7.